The molecule has 0 radical (unpaired) electrons. The number of methoxy groups -OCH3 is 1. The number of amides is 1. The minimum atomic E-state index is -0.475. The topological polar surface area (TPSA) is 88.8 Å². The van der Waals surface area contributed by atoms with Gasteiger partial charge in [0.2, 0.25) is 0 Å². The highest BCUT2D eigenvalue weighted by Crippen LogP contribution is 2.25. The Bertz CT molecular complexity index is 1110. The number of hydrogen-bond donors (Lipinski definition) is 1. The summed E-state index contributed by atoms with van der Waals surface area (Å²) in [7, 11) is 1.62. The summed E-state index contributed by atoms with van der Waals surface area (Å²) in [6.45, 7) is 1.78. The van der Waals surface area contributed by atoms with E-state index in [2.05, 4.69) is 15.5 Å². The smallest absolute Gasteiger partial charge is 0.267 e. The predicted molar refractivity (Wildman–Crippen MR) is 117 cm³/mol. The normalized spacial score (nSPS) is 15.5. The Morgan fingerprint density at radius 1 is 1.06 bits per heavy atom. The third-order valence-corrected chi connectivity index (χ3v) is 5.07. The third kappa shape index (κ3) is 4.48. The number of benzene rings is 2. The minimum Gasteiger partial charge on any atom is -0.497 e. The number of rotatable bonds is 7. The fourth-order valence-corrected chi connectivity index (χ4v) is 3.39. The molecule has 8 nitrogen and oxygen atoms in total. The van der Waals surface area contributed by atoms with Crippen molar-refractivity contribution in [2.75, 3.05) is 12.1 Å². The van der Waals surface area contributed by atoms with Crippen LogP contribution in [0, 0.1) is 0 Å². The Morgan fingerprint density at radius 3 is 2.48 bits per heavy atom. The number of carbonyl (C=O) groups is 2. The number of carbonyl (C=O) groups excluding carboxylic acids is 2. The summed E-state index contributed by atoms with van der Waals surface area (Å²) in [5.74, 6) is 0.437. The van der Waals surface area contributed by atoms with E-state index in [9.17, 15) is 9.59 Å². The molecule has 1 amide bonds. The van der Waals surface area contributed by atoms with Crippen molar-refractivity contribution < 1.29 is 14.3 Å². The van der Waals surface area contributed by atoms with Gasteiger partial charge in [-0.2, -0.15) is 10.2 Å². The monoisotopic (exact) mass is 417 g/mol. The summed E-state index contributed by atoms with van der Waals surface area (Å²) < 4.78 is 6.90. The Balaban J connectivity index is 1.41. The Hall–Kier alpha value is -3.94. The Labute approximate surface area is 180 Å². The molecule has 1 aliphatic rings. The molecule has 1 unspecified atom stereocenters. The number of hydrogen-bond acceptors (Lipinski definition) is 6. The van der Waals surface area contributed by atoms with Gasteiger partial charge in [-0.15, -0.1) is 0 Å². The van der Waals surface area contributed by atoms with Gasteiger partial charge in [-0.25, -0.2) is 4.68 Å². The Morgan fingerprint density at radius 2 is 1.81 bits per heavy atom. The number of ketones is 1. The molecule has 1 N–H and O–H groups in total. The zero-order valence-electron chi connectivity index (χ0n) is 17.4. The van der Waals surface area contributed by atoms with Gasteiger partial charge in [-0.3, -0.25) is 14.6 Å². The molecular formula is C23H23N5O3. The van der Waals surface area contributed by atoms with Crippen molar-refractivity contribution in [3.63, 3.8) is 0 Å². The van der Waals surface area contributed by atoms with Crippen molar-refractivity contribution in [3.8, 4) is 11.4 Å². The Kier molecular flexibility index (Phi) is 5.79. The summed E-state index contributed by atoms with van der Waals surface area (Å²) in [5.41, 5.74) is 2.72. The van der Waals surface area contributed by atoms with E-state index < -0.39 is 6.04 Å². The average molecular weight is 417 g/mol. The minimum absolute atomic E-state index is 0.0337. The number of nitrogens with zero attached hydrogens (tertiary/aromatic N) is 4. The number of aromatic nitrogens is 2. The van der Waals surface area contributed by atoms with Gasteiger partial charge in [-0.05, 0) is 49.4 Å². The molecule has 8 heteroatoms. The van der Waals surface area contributed by atoms with Crippen LogP contribution in [0.1, 0.15) is 19.0 Å². The third-order valence-electron chi connectivity index (χ3n) is 5.07. The van der Waals surface area contributed by atoms with Crippen LogP contribution in [0.4, 0.5) is 5.69 Å². The lowest BCUT2D eigenvalue weighted by molar-refractivity contribution is -0.118. The molecule has 0 saturated heterocycles. The molecule has 3 aromatic rings. The van der Waals surface area contributed by atoms with Crippen molar-refractivity contribution >= 4 is 23.1 Å². The zero-order chi connectivity index (χ0) is 21.8. The van der Waals surface area contributed by atoms with Crippen LogP contribution in [0.3, 0.4) is 0 Å². The van der Waals surface area contributed by atoms with Crippen LogP contribution in [-0.4, -0.2) is 40.3 Å². The molecule has 4 rings (SSSR count). The van der Waals surface area contributed by atoms with Gasteiger partial charge in [0.15, 0.2) is 5.78 Å². The second-order valence-electron chi connectivity index (χ2n) is 7.19. The summed E-state index contributed by atoms with van der Waals surface area (Å²) in [4.78, 5) is 24.8. The summed E-state index contributed by atoms with van der Waals surface area (Å²) >= 11 is 0. The molecule has 1 atom stereocenters. The molecule has 2 heterocycles. The largest absolute Gasteiger partial charge is 0.497 e. The molecule has 1 aromatic heterocycles. The first-order valence-corrected chi connectivity index (χ1v) is 9.94. The number of hydrazone groups is 1. The van der Waals surface area contributed by atoms with Crippen molar-refractivity contribution in [3.05, 3.63) is 72.6 Å². The van der Waals surface area contributed by atoms with Gasteiger partial charge in [0.05, 0.1) is 30.7 Å². The predicted octanol–water partition coefficient (Wildman–Crippen LogP) is 2.72. The first-order valence-electron chi connectivity index (χ1n) is 9.94. The highest BCUT2D eigenvalue weighted by molar-refractivity contribution is 6.40. The van der Waals surface area contributed by atoms with E-state index in [1.807, 2.05) is 66.9 Å². The first kappa shape index (κ1) is 20.3. The maximum Gasteiger partial charge on any atom is 0.267 e. The average Bonchev–Trinajstić information content (AvgIpc) is 3.46. The molecule has 158 valence electrons. The summed E-state index contributed by atoms with van der Waals surface area (Å²) in [6.07, 6.45) is 2.11. The van der Waals surface area contributed by atoms with Crippen molar-refractivity contribution in [1.29, 1.82) is 0 Å². The molecule has 0 aliphatic carbocycles. The SMILES string of the molecule is COc1ccc(-n2ccc(CNC(=O)C3=NN(c4ccccc4)C(C(C)=O)C3)n2)cc1. The van der Waals surface area contributed by atoms with Gasteiger partial charge >= 0.3 is 0 Å². The highest BCUT2D eigenvalue weighted by atomic mass is 16.5. The highest BCUT2D eigenvalue weighted by Gasteiger charge is 2.34. The fourth-order valence-electron chi connectivity index (χ4n) is 3.39. The molecule has 2 aromatic carbocycles. The maximum atomic E-state index is 12.7. The van der Waals surface area contributed by atoms with E-state index in [1.165, 1.54) is 6.92 Å². The van der Waals surface area contributed by atoms with E-state index in [0.29, 0.717) is 11.4 Å². The van der Waals surface area contributed by atoms with Crippen LogP contribution in [0.25, 0.3) is 5.69 Å². The number of para-hydroxylation sites is 1. The lowest BCUT2D eigenvalue weighted by atomic mass is 10.1. The number of Topliss-reactive ketones (excluding diaryl/α,β-unsaturated/α-hetero) is 1. The van der Waals surface area contributed by atoms with Crippen molar-refractivity contribution in [2.24, 2.45) is 5.10 Å². The summed E-state index contributed by atoms with van der Waals surface area (Å²) in [6, 6.07) is 18.3. The molecular weight excluding hydrogens is 394 g/mol. The molecule has 1 aliphatic heterocycles. The standard InChI is InChI=1S/C23H23N5O3/c1-16(29)22-14-21(26-28(22)19-6-4-3-5-7-19)23(30)24-15-17-12-13-27(25-17)18-8-10-20(31-2)11-9-18/h3-13,22H,14-15H2,1-2H3,(H,24,30). The summed E-state index contributed by atoms with van der Waals surface area (Å²) in [5, 5.41) is 13.4. The van der Waals surface area contributed by atoms with Gasteiger partial charge in [-0.1, -0.05) is 18.2 Å². The fraction of sp³-hybridized carbons (Fsp3) is 0.217. The van der Waals surface area contributed by atoms with E-state index >= 15 is 0 Å². The van der Waals surface area contributed by atoms with E-state index in [4.69, 9.17) is 4.74 Å². The van der Waals surface area contributed by atoms with Crippen LogP contribution >= 0.6 is 0 Å². The second kappa shape index (κ2) is 8.83. The quantitative estimate of drug-likeness (QED) is 0.639. The molecule has 0 bridgehead atoms. The number of anilines is 1. The molecule has 0 fully saturated rings. The second-order valence-corrected chi connectivity index (χ2v) is 7.19. The first-order chi connectivity index (χ1) is 15.0. The molecule has 31 heavy (non-hydrogen) atoms. The zero-order valence-corrected chi connectivity index (χ0v) is 17.4. The van der Waals surface area contributed by atoms with E-state index in [-0.39, 0.29) is 24.7 Å². The van der Waals surface area contributed by atoms with Crippen molar-refractivity contribution in [1.82, 2.24) is 15.1 Å². The van der Waals surface area contributed by atoms with Gasteiger partial charge < -0.3 is 10.1 Å². The van der Waals surface area contributed by atoms with Crippen LogP contribution in [-0.2, 0) is 16.1 Å². The van der Waals surface area contributed by atoms with Crippen LogP contribution in [0.2, 0.25) is 0 Å². The van der Waals surface area contributed by atoms with E-state index in [0.717, 1.165) is 17.1 Å². The van der Waals surface area contributed by atoms with E-state index in [1.54, 1.807) is 16.8 Å². The lowest BCUT2D eigenvalue weighted by Gasteiger charge is -2.20. The molecule has 0 spiro atoms. The van der Waals surface area contributed by atoms with Gasteiger partial charge in [0.25, 0.3) is 5.91 Å². The lowest BCUT2D eigenvalue weighted by Crippen LogP contribution is -2.34. The van der Waals surface area contributed by atoms with Crippen LogP contribution in [0.5, 0.6) is 5.75 Å². The van der Waals surface area contributed by atoms with Gasteiger partial charge in [0, 0.05) is 12.6 Å². The molecule has 0 saturated carbocycles. The van der Waals surface area contributed by atoms with Crippen LogP contribution in [0.15, 0.2) is 72.0 Å². The van der Waals surface area contributed by atoms with Gasteiger partial charge in [0.1, 0.15) is 17.5 Å². The number of nitrogens with one attached hydrogen (secondary N) is 1. The number of ether oxygens (including phenoxy) is 1. The van der Waals surface area contributed by atoms with Crippen LogP contribution < -0.4 is 15.1 Å². The van der Waals surface area contributed by atoms with Crippen molar-refractivity contribution in [2.45, 2.75) is 25.9 Å². The maximum absolute atomic E-state index is 12.7.